The topological polar surface area (TPSA) is 93.8 Å². The Hall–Kier alpha value is -3.26. The van der Waals surface area contributed by atoms with E-state index in [0.717, 1.165) is 17.1 Å². The van der Waals surface area contributed by atoms with Gasteiger partial charge in [-0.1, -0.05) is 28.9 Å². The van der Waals surface area contributed by atoms with Crippen LogP contribution in [0.5, 0.6) is 11.5 Å². The SMILES string of the molecule is CN=C(NCCOc1ccc(OC)cc1)NCCc1nc(-c2cccc(Cl)c2)no1. The monoisotopic (exact) mass is 429 g/mol. The van der Waals surface area contributed by atoms with Gasteiger partial charge < -0.3 is 24.6 Å². The predicted molar refractivity (Wildman–Crippen MR) is 116 cm³/mol. The van der Waals surface area contributed by atoms with Crippen LogP contribution < -0.4 is 20.1 Å². The van der Waals surface area contributed by atoms with Crippen LogP contribution in [-0.4, -0.2) is 50.0 Å². The summed E-state index contributed by atoms with van der Waals surface area (Å²) < 4.78 is 16.1. The summed E-state index contributed by atoms with van der Waals surface area (Å²) in [4.78, 5) is 8.59. The van der Waals surface area contributed by atoms with Crippen LogP contribution in [0.25, 0.3) is 11.4 Å². The Kier molecular flexibility index (Phi) is 7.91. The fourth-order valence-corrected chi connectivity index (χ4v) is 2.81. The number of ether oxygens (including phenoxy) is 2. The lowest BCUT2D eigenvalue weighted by atomic mass is 10.2. The smallest absolute Gasteiger partial charge is 0.228 e. The highest BCUT2D eigenvalue weighted by Gasteiger charge is 2.09. The van der Waals surface area contributed by atoms with Crippen LogP contribution in [0.3, 0.4) is 0 Å². The quantitative estimate of drug-likeness (QED) is 0.306. The van der Waals surface area contributed by atoms with Gasteiger partial charge >= 0.3 is 0 Å². The van der Waals surface area contributed by atoms with Crippen LogP contribution in [-0.2, 0) is 6.42 Å². The van der Waals surface area contributed by atoms with Crippen molar-refractivity contribution in [3.8, 4) is 22.9 Å². The molecule has 2 N–H and O–H groups in total. The molecule has 0 unspecified atom stereocenters. The average Bonchev–Trinajstić information content (AvgIpc) is 3.25. The van der Waals surface area contributed by atoms with Gasteiger partial charge in [-0.3, -0.25) is 4.99 Å². The number of hydrogen-bond acceptors (Lipinski definition) is 6. The lowest BCUT2D eigenvalue weighted by Gasteiger charge is -2.12. The van der Waals surface area contributed by atoms with Crippen molar-refractivity contribution in [2.24, 2.45) is 4.99 Å². The van der Waals surface area contributed by atoms with Gasteiger partial charge in [-0.2, -0.15) is 4.98 Å². The second kappa shape index (κ2) is 11.1. The zero-order valence-corrected chi connectivity index (χ0v) is 17.6. The summed E-state index contributed by atoms with van der Waals surface area (Å²) in [7, 11) is 3.35. The van der Waals surface area contributed by atoms with Crippen LogP contribution in [0.4, 0.5) is 0 Å². The Morgan fingerprint density at radius 1 is 1.10 bits per heavy atom. The summed E-state index contributed by atoms with van der Waals surface area (Å²) in [5.74, 6) is 3.31. The summed E-state index contributed by atoms with van der Waals surface area (Å²) in [6, 6.07) is 14.8. The van der Waals surface area contributed by atoms with Gasteiger partial charge in [0.1, 0.15) is 18.1 Å². The lowest BCUT2D eigenvalue weighted by Crippen LogP contribution is -2.40. The van der Waals surface area contributed by atoms with Crippen molar-refractivity contribution in [1.82, 2.24) is 20.8 Å². The molecule has 0 radical (unpaired) electrons. The third kappa shape index (κ3) is 6.38. The van der Waals surface area contributed by atoms with Gasteiger partial charge in [0.15, 0.2) is 5.96 Å². The lowest BCUT2D eigenvalue weighted by molar-refractivity contribution is 0.321. The molecular formula is C21H24ClN5O3. The van der Waals surface area contributed by atoms with Crippen molar-refractivity contribution in [3.05, 3.63) is 59.4 Å². The molecule has 0 spiro atoms. The maximum absolute atomic E-state index is 6.00. The van der Waals surface area contributed by atoms with E-state index in [0.29, 0.717) is 48.8 Å². The number of nitrogens with zero attached hydrogens (tertiary/aromatic N) is 3. The van der Waals surface area contributed by atoms with Crippen LogP contribution in [0.15, 0.2) is 58.0 Å². The molecule has 0 aliphatic heterocycles. The Labute approximate surface area is 180 Å². The van der Waals surface area contributed by atoms with E-state index in [1.165, 1.54) is 0 Å². The van der Waals surface area contributed by atoms with E-state index in [-0.39, 0.29) is 0 Å². The maximum atomic E-state index is 6.00. The van der Waals surface area contributed by atoms with Crippen LogP contribution in [0, 0.1) is 0 Å². The number of aromatic nitrogens is 2. The summed E-state index contributed by atoms with van der Waals surface area (Å²) >= 11 is 6.00. The first-order valence-corrected chi connectivity index (χ1v) is 9.85. The van der Waals surface area contributed by atoms with Gasteiger partial charge in [0.2, 0.25) is 11.7 Å². The molecule has 0 fully saturated rings. The van der Waals surface area contributed by atoms with Crippen molar-refractivity contribution in [2.75, 3.05) is 33.9 Å². The Bertz CT molecular complexity index is 959. The first kappa shape index (κ1) is 21.4. The summed E-state index contributed by atoms with van der Waals surface area (Å²) in [6.45, 7) is 1.70. The van der Waals surface area contributed by atoms with E-state index in [1.807, 2.05) is 36.4 Å². The van der Waals surface area contributed by atoms with Gasteiger partial charge in [-0.25, -0.2) is 0 Å². The Balaban J connectivity index is 1.37. The number of benzene rings is 2. The highest BCUT2D eigenvalue weighted by molar-refractivity contribution is 6.30. The maximum Gasteiger partial charge on any atom is 0.228 e. The van der Waals surface area contributed by atoms with Crippen LogP contribution in [0.1, 0.15) is 5.89 Å². The Morgan fingerprint density at radius 3 is 2.60 bits per heavy atom. The molecule has 2 aromatic carbocycles. The molecule has 0 saturated heterocycles. The highest BCUT2D eigenvalue weighted by Crippen LogP contribution is 2.20. The van der Waals surface area contributed by atoms with Crippen molar-refractivity contribution in [1.29, 1.82) is 0 Å². The van der Waals surface area contributed by atoms with Gasteiger partial charge in [0.05, 0.1) is 13.7 Å². The normalized spacial score (nSPS) is 11.2. The number of rotatable bonds is 9. The fraction of sp³-hybridized carbons (Fsp3) is 0.286. The molecule has 0 saturated carbocycles. The summed E-state index contributed by atoms with van der Waals surface area (Å²) in [5, 5.41) is 11.0. The molecule has 3 aromatic rings. The van der Waals surface area contributed by atoms with Gasteiger partial charge in [-0.05, 0) is 36.4 Å². The third-order valence-electron chi connectivity index (χ3n) is 4.13. The number of halogens is 1. The molecule has 0 aliphatic rings. The largest absolute Gasteiger partial charge is 0.497 e. The van der Waals surface area contributed by atoms with Crippen molar-refractivity contribution >= 4 is 17.6 Å². The summed E-state index contributed by atoms with van der Waals surface area (Å²) in [5.41, 5.74) is 0.819. The first-order chi connectivity index (χ1) is 14.7. The number of hydrogen-bond donors (Lipinski definition) is 2. The van der Waals surface area contributed by atoms with E-state index in [2.05, 4.69) is 25.8 Å². The molecule has 0 aliphatic carbocycles. The van der Waals surface area contributed by atoms with Crippen LogP contribution >= 0.6 is 11.6 Å². The van der Waals surface area contributed by atoms with Crippen molar-refractivity contribution in [2.45, 2.75) is 6.42 Å². The predicted octanol–water partition coefficient (Wildman–Crippen LogP) is 3.19. The average molecular weight is 430 g/mol. The molecule has 30 heavy (non-hydrogen) atoms. The molecule has 158 valence electrons. The molecule has 9 heteroatoms. The van der Waals surface area contributed by atoms with Crippen molar-refractivity contribution < 1.29 is 14.0 Å². The molecule has 0 amide bonds. The summed E-state index contributed by atoms with van der Waals surface area (Å²) in [6.07, 6.45) is 0.566. The van der Waals surface area contributed by atoms with Crippen molar-refractivity contribution in [3.63, 3.8) is 0 Å². The second-order valence-corrected chi connectivity index (χ2v) is 6.66. The molecule has 0 atom stereocenters. The van der Waals surface area contributed by atoms with E-state index in [1.54, 1.807) is 26.3 Å². The Morgan fingerprint density at radius 2 is 1.87 bits per heavy atom. The molecular weight excluding hydrogens is 406 g/mol. The molecule has 0 bridgehead atoms. The number of methoxy groups -OCH3 is 1. The molecule has 1 aromatic heterocycles. The number of guanidine groups is 1. The molecule has 1 heterocycles. The van der Waals surface area contributed by atoms with Gasteiger partial charge in [-0.15, -0.1) is 0 Å². The van der Waals surface area contributed by atoms with E-state index < -0.39 is 0 Å². The molecule has 8 nitrogen and oxygen atoms in total. The zero-order chi connectivity index (χ0) is 21.2. The molecule has 3 rings (SSSR count). The highest BCUT2D eigenvalue weighted by atomic mass is 35.5. The zero-order valence-electron chi connectivity index (χ0n) is 16.9. The van der Waals surface area contributed by atoms with E-state index in [4.69, 9.17) is 25.6 Å². The van der Waals surface area contributed by atoms with Crippen LogP contribution in [0.2, 0.25) is 5.02 Å². The van der Waals surface area contributed by atoms with Gasteiger partial charge in [0.25, 0.3) is 0 Å². The van der Waals surface area contributed by atoms with Gasteiger partial charge in [0, 0.05) is 30.6 Å². The third-order valence-corrected chi connectivity index (χ3v) is 4.36. The fourth-order valence-electron chi connectivity index (χ4n) is 2.62. The van der Waals surface area contributed by atoms with E-state index in [9.17, 15) is 0 Å². The first-order valence-electron chi connectivity index (χ1n) is 9.48. The number of aliphatic imine (C=N–C) groups is 1. The second-order valence-electron chi connectivity index (χ2n) is 6.22. The standard InChI is InChI=1S/C21H24ClN5O3/c1-23-21(25-12-13-29-18-8-6-17(28-2)7-9-18)24-11-10-19-26-20(27-30-19)15-4-3-5-16(22)14-15/h3-9,14H,10-13H2,1-2H3,(H2,23,24,25). The minimum absolute atomic E-state index is 0.500. The van der Waals surface area contributed by atoms with E-state index >= 15 is 0 Å². The number of nitrogens with one attached hydrogen (secondary N) is 2. The minimum Gasteiger partial charge on any atom is -0.497 e. The minimum atomic E-state index is 0.500.